The van der Waals surface area contributed by atoms with Crippen LogP contribution in [0.4, 0.5) is 13.2 Å². The molecule has 1 unspecified atom stereocenters. The Hall–Kier alpha value is -2.35. The predicted octanol–water partition coefficient (Wildman–Crippen LogP) is 2.71. The first kappa shape index (κ1) is 17.5. The fourth-order valence-electron chi connectivity index (χ4n) is 3.06. The van der Waals surface area contributed by atoms with Crippen LogP contribution in [0.3, 0.4) is 0 Å². The summed E-state index contributed by atoms with van der Waals surface area (Å²) in [5.74, 6) is -0.618. The SMILES string of the molecule is CC1(C)CN(C(=O)c2cc(=O)[nH]c3ccccc23)CC(C(F)(F)F)O1. The van der Waals surface area contributed by atoms with Crippen LogP contribution in [0.15, 0.2) is 35.1 Å². The van der Waals surface area contributed by atoms with Gasteiger partial charge in [0, 0.05) is 23.5 Å². The van der Waals surface area contributed by atoms with Crippen LogP contribution in [0, 0.1) is 0 Å². The minimum absolute atomic E-state index is 0.000457. The standard InChI is InChI=1S/C17H17F3N2O3/c1-16(2)9-22(8-13(25-16)17(18,19)20)15(24)11-7-14(23)21-12-6-4-3-5-10(11)12/h3-7,13H,8-9H2,1-2H3,(H,21,23). The van der Waals surface area contributed by atoms with Gasteiger partial charge < -0.3 is 14.6 Å². The molecule has 2 heterocycles. The average Bonchev–Trinajstić information content (AvgIpc) is 2.51. The first-order valence-electron chi connectivity index (χ1n) is 7.73. The number of aromatic nitrogens is 1. The summed E-state index contributed by atoms with van der Waals surface area (Å²) in [5, 5.41) is 0.486. The van der Waals surface area contributed by atoms with Crippen molar-refractivity contribution in [3.8, 4) is 0 Å². The molecule has 134 valence electrons. The second kappa shape index (κ2) is 5.87. The molecule has 5 nitrogen and oxygen atoms in total. The van der Waals surface area contributed by atoms with E-state index in [1.807, 2.05) is 0 Å². The first-order chi connectivity index (χ1) is 11.6. The lowest BCUT2D eigenvalue weighted by Gasteiger charge is -2.43. The van der Waals surface area contributed by atoms with Crippen LogP contribution < -0.4 is 5.56 Å². The number of ether oxygens (including phenoxy) is 1. The summed E-state index contributed by atoms with van der Waals surface area (Å²) in [6.45, 7) is 2.40. The number of halogens is 3. The van der Waals surface area contributed by atoms with Crippen molar-refractivity contribution in [1.82, 2.24) is 9.88 Å². The maximum absolute atomic E-state index is 13.1. The molecule has 1 aromatic carbocycles. The van der Waals surface area contributed by atoms with Gasteiger partial charge in [-0.15, -0.1) is 0 Å². The highest BCUT2D eigenvalue weighted by Crippen LogP contribution is 2.32. The number of aromatic amines is 1. The van der Waals surface area contributed by atoms with Crippen molar-refractivity contribution in [1.29, 1.82) is 0 Å². The molecule has 1 amide bonds. The Morgan fingerprint density at radius 2 is 2.00 bits per heavy atom. The van der Waals surface area contributed by atoms with Gasteiger partial charge in [-0.3, -0.25) is 9.59 Å². The molecule has 1 saturated heterocycles. The molecule has 1 aliphatic heterocycles. The number of nitrogens with one attached hydrogen (secondary N) is 1. The Bertz CT molecular complexity index is 873. The number of hydrogen-bond acceptors (Lipinski definition) is 3. The summed E-state index contributed by atoms with van der Waals surface area (Å²) in [5.41, 5.74) is -1.09. The van der Waals surface area contributed by atoms with E-state index in [9.17, 15) is 22.8 Å². The number of para-hydroxylation sites is 1. The Labute approximate surface area is 141 Å². The largest absolute Gasteiger partial charge is 0.416 e. The van der Waals surface area contributed by atoms with Gasteiger partial charge in [-0.1, -0.05) is 18.2 Å². The molecule has 0 bridgehead atoms. The summed E-state index contributed by atoms with van der Waals surface area (Å²) in [4.78, 5) is 28.4. The van der Waals surface area contributed by atoms with E-state index in [1.165, 1.54) is 13.8 Å². The number of carbonyl (C=O) groups excluding carboxylic acids is 1. The topological polar surface area (TPSA) is 62.4 Å². The molecule has 1 aliphatic rings. The zero-order valence-corrected chi connectivity index (χ0v) is 13.7. The minimum atomic E-state index is -4.58. The lowest BCUT2D eigenvalue weighted by Crippen LogP contribution is -2.58. The fraction of sp³-hybridized carbons (Fsp3) is 0.412. The van der Waals surface area contributed by atoms with Crippen molar-refractivity contribution in [3.63, 3.8) is 0 Å². The number of H-pyrrole nitrogens is 1. The molecular weight excluding hydrogens is 337 g/mol. The smallest absolute Gasteiger partial charge is 0.359 e. The van der Waals surface area contributed by atoms with Gasteiger partial charge in [0.2, 0.25) is 5.56 Å². The number of morpholine rings is 1. The second-order valence-electron chi connectivity index (χ2n) is 6.69. The van der Waals surface area contributed by atoms with E-state index in [2.05, 4.69) is 4.98 Å². The minimum Gasteiger partial charge on any atom is -0.359 e. The monoisotopic (exact) mass is 354 g/mol. The lowest BCUT2D eigenvalue weighted by molar-refractivity contribution is -0.267. The van der Waals surface area contributed by atoms with Gasteiger partial charge in [0.05, 0.1) is 17.7 Å². The molecule has 8 heteroatoms. The zero-order valence-electron chi connectivity index (χ0n) is 13.7. The fourth-order valence-corrected chi connectivity index (χ4v) is 3.06. The number of fused-ring (bicyclic) bond motifs is 1. The molecule has 0 aliphatic carbocycles. The van der Waals surface area contributed by atoms with Gasteiger partial charge in [0.1, 0.15) is 0 Å². The van der Waals surface area contributed by atoms with Crippen LogP contribution in [0.1, 0.15) is 24.2 Å². The maximum Gasteiger partial charge on any atom is 0.416 e. The third kappa shape index (κ3) is 3.53. The number of benzene rings is 1. The van der Waals surface area contributed by atoms with Crippen molar-refractivity contribution in [2.45, 2.75) is 31.7 Å². The van der Waals surface area contributed by atoms with Crippen LogP contribution in [0.25, 0.3) is 10.9 Å². The maximum atomic E-state index is 13.1. The van der Waals surface area contributed by atoms with E-state index >= 15 is 0 Å². The predicted molar refractivity (Wildman–Crippen MR) is 85.5 cm³/mol. The summed E-state index contributed by atoms with van der Waals surface area (Å²) >= 11 is 0. The number of amides is 1. The second-order valence-corrected chi connectivity index (χ2v) is 6.69. The van der Waals surface area contributed by atoms with E-state index in [0.29, 0.717) is 10.9 Å². The third-order valence-electron chi connectivity index (χ3n) is 4.05. The molecule has 3 rings (SSSR count). The first-order valence-corrected chi connectivity index (χ1v) is 7.73. The van der Waals surface area contributed by atoms with Gasteiger partial charge in [0.15, 0.2) is 6.10 Å². The molecule has 2 aromatic rings. The van der Waals surface area contributed by atoms with E-state index in [4.69, 9.17) is 4.74 Å². The van der Waals surface area contributed by atoms with E-state index in [0.717, 1.165) is 11.0 Å². The Kier molecular flexibility index (Phi) is 4.10. The molecule has 0 radical (unpaired) electrons. The Morgan fingerprint density at radius 3 is 2.68 bits per heavy atom. The van der Waals surface area contributed by atoms with Crippen LogP contribution in [-0.2, 0) is 4.74 Å². The highest BCUT2D eigenvalue weighted by molar-refractivity contribution is 6.06. The molecule has 0 spiro atoms. The van der Waals surface area contributed by atoms with Crippen LogP contribution >= 0.6 is 0 Å². The molecule has 1 aromatic heterocycles. The summed E-state index contributed by atoms with van der Waals surface area (Å²) in [6.07, 6.45) is -6.64. The molecule has 1 fully saturated rings. The number of alkyl halides is 3. The molecule has 1 atom stereocenters. The van der Waals surface area contributed by atoms with Gasteiger partial charge in [-0.25, -0.2) is 0 Å². The van der Waals surface area contributed by atoms with Crippen LogP contribution in [0.2, 0.25) is 0 Å². The van der Waals surface area contributed by atoms with Crippen molar-refractivity contribution in [3.05, 3.63) is 46.2 Å². The number of hydrogen-bond donors (Lipinski definition) is 1. The summed E-state index contributed by atoms with van der Waals surface area (Å²) < 4.78 is 44.4. The Morgan fingerprint density at radius 1 is 1.32 bits per heavy atom. The number of nitrogens with zero attached hydrogens (tertiary/aromatic N) is 1. The summed E-state index contributed by atoms with van der Waals surface area (Å²) in [7, 11) is 0. The van der Waals surface area contributed by atoms with E-state index in [1.54, 1.807) is 24.3 Å². The van der Waals surface area contributed by atoms with Gasteiger partial charge >= 0.3 is 6.18 Å². The third-order valence-corrected chi connectivity index (χ3v) is 4.05. The molecule has 1 N–H and O–H groups in total. The van der Waals surface area contributed by atoms with Crippen LogP contribution in [0.5, 0.6) is 0 Å². The van der Waals surface area contributed by atoms with Gasteiger partial charge in [-0.2, -0.15) is 13.2 Å². The summed E-state index contributed by atoms with van der Waals surface area (Å²) in [6, 6.07) is 7.79. The van der Waals surface area contributed by atoms with Crippen molar-refractivity contribution < 1.29 is 22.7 Å². The van der Waals surface area contributed by atoms with Crippen molar-refractivity contribution in [2.75, 3.05) is 13.1 Å². The highest BCUT2D eigenvalue weighted by Gasteiger charge is 2.49. The number of pyridine rings is 1. The molecule has 25 heavy (non-hydrogen) atoms. The normalized spacial score (nSPS) is 20.7. The van der Waals surface area contributed by atoms with Crippen molar-refractivity contribution >= 4 is 16.8 Å². The van der Waals surface area contributed by atoms with Gasteiger partial charge in [-0.05, 0) is 19.9 Å². The average molecular weight is 354 g/mol. The lowest BCUT2D eigenvalue weighted by atomic mass is 10.0. The van der Waals surface area contributed by atoms with Crippen molar-refractivity contribution in [2.24, 2.45) is 0 Å². The van der Waals surface area contributed by atoms with E-state index < -0.39 is 35.9 Å². The Balaban J connectivity index is 2.02. The van der Waals surface area contributed by atoms with Gasteiger partial charge in [0.25, 0.3) is 5.91 Å². The molecule has 0 saturated carbocycles. The number of carbonyl (C=O) groups is 1. The quantitative estimate of drug-likeness (QED) is 0.857. The van der Waals surface area contributed by atoms with Crippen LogP contribution in [-0.4, -0.2) is 46.8 Å². The van der Waals surface area contributed by atoms with E-state index in [-0.39, 0.29) is 12.1 Å². The zero-order chi connectivity index (χ0) is 18.4. The molecular formula is C17H17F3N2O3. The highest BCUT2D eigenvalue weighted by atomic mass is 19.4. The number of rotatable bonds is 1.